The van der Waals surface area contributed by atoms with Gasteiger partial charge in [0.15, 0.2) is 0 Å². The van der Waals surface area contributed by atoms with Crippen molar-refractivity contribution in [2.75, 3.05) is 13.2 Å². The summed E-state index contributed by atoms with van der Waals surface area (Å²) < 4.78 is 0. The maximum absolute atomic E-state index is 9.83. The number of aryl methyl sites for hydroxylation is 2. The van der Waals surface area contributed by atoms with Crippen LogP contribution in [0.4, 0.5) is 0 Å². The molecule has 2 aromatic rings. The highest BCUT2D eigenvalue weighted by molar-refractivity contribution is 7.07. The van der Waals surface area contributed by atoms with Gasteiger partial charge in [0.1, 0.15) is 0 Å². The Balaban J connectivity index is 2.24. The molecule has 0 atom stereocenters. The van der Waals surface area contributed by atoms with Gasteiger partial charge in [0.2, 0.25) is 0 Å². The van der Waals surface area contributed by atoms with Crippen LogP contribution in [-0.4, -0.2) is 23.4 Å². The molecule has 2 rings (SSSR count). The third kappa shape index (κ3) is 3.06. The average molecular weight is 276 g/mol. The van der Waals surface area contributed by atoms with E-state index in [1.54, 1.807) is 11.3 Å². The van der Waals surface area contributed by atoms with Crippen LogP contribution in [0.25, 0.3) is 0 Å². The Morgan fingerprint density at radius 1 is 1.11 bits per heavy atom. The SMILES string of the molecule is Cc1ccccc1C(CO)(CO)CCc1ccsc1. The normalized spacial score (nSPS) is 11.7. The molecule has 1 heterocycles. The summed E-state index contributed by atoms with van der Waals surface area (Å²) in [5.74, 6) is 0. The first kappa shape index (κ1) is 14.3. The number of benzene rings is 1. The number of thiophene rings is 1. The predicted octanol–water partition coefficient (Wildman–Crippen LogP) is 2.91. The Morgan fingerprint density at radius 2 is 1.84 bits per heavy atom. The minimum absolute atomic E-state index is 0.0293. The average Bonchev–Trinajstić information content (AvgIpc) is 2.95. The van der Waals surface area contributed by atoms with E-state index in [-0.39, 0.29) is 13.2 Å². The van der Waals surface area contributed by atoms with Crippen LogP contribution in [0.3, 0.4) is 0 Å². The number of hydrogen-bond donors (Lipinski definition) is 2. The van der Waals surface area contributed by atoms with Crippen molar-refractivity contribution in [2.24, 2.45) is 0 Å². The van der Waals surface area contributed by atoms with E-state index in [9.17, 15) is 10.2 Å². The monoisotopic (exact) mass is 276 g/mol. The van der Waals surface area contributed by atoms with Crippen molar-refractivity contribution < 1.29 is 10.2 Å². The second-order valence-electron chi connectivity index (χ2n) is 5.04. The lowest BCUT2D eigenvalue weighted by Crippen LogP contribution is -2.36. The molecule has 0 unspecified atom stereocenters. The summed E-state index contributed by atoms with van der Waals surface area (Å²) in [5, 5.41) is 23.8. The zero-order valence-corrected chi connectivity index (χ0v) is 12.0. The Bertz CT molecular complexity index is 501. The van der Waals surface area contributed by atoms with E-state index in [1.807, 2.05) is 31.2 Å². The van der Waals surface area contributed by atoms with Crippen molar-refractivity contribution in [1.29, 1.82) is 0 Å². The summed E-state index contributed by atoms with van der Waals surface area (Å²) in [6.45, 7) is 1.97. The van der Waals surface area contributed by atoms with Gasteiger partial charge < -0.3 is 10.2 Å². The van der Waals surface area contributed by atoms with Crippen LogP contribution in [0, 0.1) is 6.92 Å². The molecule has 102 valence electrons. The van der Waals surface area contributed by atoms with E-state index in [0.29, 0.717) is 0 Å². The lowest BCUT2D eigenvalue weighted by Gasteiger charge is -2.32. The molecule has 0 fully saturated rings. The smallest absolute Gasteiger partial charge is 0.0550 e. The van der Waals surface area contributed by atoms with Gasteiger partial charge in [0.05, 0.1) is 13.2 Å². The molecule has 0 amide bonds. The van der Waals surface area contributed by atoms with Crippen molar-refractivity contribution in [2.45, 2.75) is 25.2 Å². The molecule has 3 heteroatoms. The highest BCUT2D eigenvalue weighted by atomic mass is 32.1. The highest BCUT2D eigenvalue weighted by Gasteiger charge is 2.31. The Hall–Kier alpha value is -1.16. The predicted molar refractivity (Wildman–Crippen MR) is 79.7 cm³/mol. The van der Waals surface area contributed by atoms with Crippen molar-refractivity contribution in [3.05, 3.63) is 57.8 Å². The molecule has 0 saturated carbocycles. The minimum Gasteiger partial charge on any atom is -0.395 e. The quantitative estimate of drug-likeness (QED) is 0.851. The van der Waals surface area contributed by atoms with Crippen LogP contribution in [0.2, 0.25) is 0 Å². The fourth-order valence-electron chi connectivity index (χ4n) is 2.50. The number of rotatable bonds is 6. The van der Waals surface area contributed by atoms with E-state index < -0.39 is 5.41 Å². The van der Waals surface area contributed by atoms with E-state index >= 15 is 0 Å². The Morgan fingerprint density at radius 3 is 2.42 bits per heavy atom. The van der Waals surface area contributed by atoms with Crippen molar-refractivity contribution >= 4 is 11.3 Å². The van der Waals surface area contributed by atoms with Gasteiger partial charge in [-0.1, -0.05) is 24.3 Å². The molecular weight excluding hydrogens is 256 g/mol. The Labute approximate surface area is 118 Å². The van der Waals surface area contributed by atoms with Gasteiger partial charge >= 0.3 is 0 Å². The van der Waals surface area contributed by atoms with E-state index in [4.69, 9.17) is 0 Å². The van der Waals surface area contributed by atoms with E-state index in [1.165, 1.54) is 5.56 Å². The second kappa shape index (κ2) is 6.33. The molecule has 0 aliphatic carbocycles. The molecule has 0 aliphatic heterocycles. The molecule has 19 heavy (non-hydrogen) atoms. The molecule has 0 spiro atoms. The molecule has 0 aliphatic rings. The third-order valence-electron chi connectivity index (χ3n) is 3.79. The first-order valence-electron chi connectivity index (χ1n) is 6.51. The maximum atomic E-state index is 9.83. The fourth-order valence-corrected chi connectivity index (χ4v) is 3.20. The molecule has 0 saturated heterocycles. The second-order valence-corrected chi connectivity index (χ2v) is 5.82. The van der Waals surface area contributed by atoms with Crippen LogP contribution in [0.5, 0.6) is 0 Å². The summed E-state index contributed by atoms with van der Waals surface area (Å²) in [6, 6.07) is 10.1. The van der Waals surface area contributed by atoms with Gasteiger partial charge in [-0.05, 0) is 53.3 Å². The summed E-state index contributed by atoms with van der Waals surface area (Å²) in [6.07, 6.45) is 1.63. The van der Waals surface area contributed by atoms with Crippen LogP contribution < -0.4 is 0 Å². The lowest BCUT2D eigenvalue weighted by atomic mass is 9.75. The molecule has 1 aromatic carbocycles. The maximum Gasteiger partial charge on any atom is 0.0550 e. The summed E-state index contributed by atoms with van der Waals surface area (Å²) in [5.41, 5.74) is 2.89. The highest BCUT2D eigenvalue weighted by Crippen LogP contribution is 2.31. The third-order valence-corrected chi connectivity index (χ3v) is 4.53. The number of aliphatic hydroxyl groups is 2. The van der Waals surface area contributed by atoms with E-state index in [0.717, 1.165) is 24.0 Å². The topological polar surface area (TPSA) is 40.5 Å². The first-order valence-corrected chi connectivity index (χ1v) is 7.45. The summed E-state index contributed by atoms with van der Waals surface area (Å²) in [7, 11) is 0. The zero-order chi connectivity index (χ0) is 13.7. The van der Waals surface area contributed by atoms with Gasteiger partial charge in [-0.3, -0.25) is 0 Å². The lowest BCUT2D eigenvalue weighted by molar-refractivity contribution is 0.109. The van der Waals surface area contributed by atoms with Crippen LogP contribution in [0.15, 0.2) is 41.1 Å². The number of hydrogen-bond acceptors (Lipinski definition) is 3. The molecule has 1 aromatic heterocycles. The zero-order valence-electron chi connectivity index (χ0n) is 11.2. The first-order chi connectivity index (χ1) is 9.22. The van der Waals surface area contributed by atoms with Gasteiger partial charge in [0.25, 0.3) is 0 Å². The molecule has 2 nitrogen and oxygen atoms in total. The van der Waals surface area contributed by atoms with Crippen LogP contribution >= 0.6 is 11.3 Å². The summed E-state index contributed by atoms with van der Waals surface area (Å²) in [4.78, 5) is 0. The number of aliphatic hydroxyl groups excluding tert-OH is 2. The van der Waals surface area contributed by atoms with Crippen molar-refractivity contribution in [3.63, 3.8) is 0 Å². The van der Waals surface area contributed by atoms with Crippen molar-refractivity contribution in [3.8, 4) is 0 Å². The van der Waals surface area contributed by atoms with Crippen molar-refractivity contribution in [1.82, 2.24) is 0 Å². The molecule has 0 bridgehead atoms. The Kier molecular flexibility index (Phi) is 4.75. The van der Waals surface area contributed by atoms with Gasteiger partial charge in [0, 0.05) is 5.41 Å². The van der Waals surface area contributed by atoms with Gasteiger partial charge in [-0.2, -0.15) is 11.3 Å². The minimum atomic E-state index is -0.548. The molecule has 2 N–H and O–H groups in total. The largest absolute Gasteiger partial charge is 0.395 e. The molecular formula is C16H20O2S. The van der Waals surface area contributed by atoms with Crippen LogP contribution in [0.1, 0.15) is 23.1 Å². The summed E-state index contributed by atoms with van der Waals surface area (Å²) >= 11 is 1.68. The standard InChI is InChI=1S/C16H20O2S/c1-13-4-2-3-5-15(13)16(11-17,12-18)8-6-14-7-9-19-10-14/h2-5,7,9-10,17-18H,6,8,11-12H2,1H3. The molecule has 0 radical (unpaired) electrons. The van der Waals surface area contributed by atoms with Gasteiger partial charge in [-0.15, -0.1) is 0 Å². The van der Waals surface area contributed by atoms with Gasteiger partial charge in [-0.25, -0.2) is 0 Å². The fraction of sp³-hybridized carbons (Fsp3) is 0.375. The van der Waals surface area contributed by atoms with E-state index in [2.05, 4.69) is 16.8 Å². The van der Waals surface area contributed by atoms with Crippen LogP contribution in [-0.2, 0) is 11.8 Å².